The summed E-state index contributed by atoms with van der Waals surface area (Å²) in [4.78, 5) is 16.3. The summed E-state index contributed by atoms with van der Waals surface area (Å²) in [5.41, 5.74) is 1.10. The van der Waals surface area contributed by atoms with Crippen molar-refractivity contribution in [3.8, 4) is 0 Å². The monoisotopic (exact) mass is 392 g/mol. The molecule has 8 heteroatoms. The van der Waals surface area contributed by atoms with Gasteiger partial charge >= 0.3 is 0 Å². The first-order valence-electron chi connectivity index (χ1n) is 9.64. The van der Waals surface area contributed by atoms with Crippen LogP contribution in [0.5, 0.6) is 0 Å². The van der Waals surface area contributed by atoms with E-state index in [0.29, 0.717) is 32.7 Å². The molecule has 0 saturated carbocycles. The third-order valence-electron chi connectivity index (χ3n) is 6.29. The molecule has 3 heterocycles. The maximum atomic E-state index is 13.1. The van der Waals surface area contributed by atoms with Gasteiger partial charge in [-0.2, -0.15) is 17.0 Å². The van der Waals surface area contributed by atoms with Crippen molar-refractivity contribution in [1.82, 2.24) is 18.4 Å². The minimum atomic E-state index is -3.43. The Labute approximate surface area is 161 Å². The quantitative estimate of drug-likeness (QED) is 0.757. The molecule has 0 bridgehead atoms. The Kier molecular flexibility index (Phi) is 5.00. The van der Waals surface area contributed by atoms with E-state index in [1.165, 1.54) is 0 Å². The summed E-state index contributed by atoms with van der Waals surface area (Å²) in [5.74, 6) is 0.409. The van der Waals surface area contributed by atoms with Crippen LogP contribution in [-0.4, -0.2) is 85.6 Å². The molecule has 1 amide bonds. The number of rotatable bonds is 3. The molecule has 3 atom stereocenters. The third kappa shape index (κ3) is 3.40. The van der Waals surface area contributed by atoms with Crippen LogP contribution in [0.3, 0.4) is 0 Å². The van der Waals surface area contributed by atoms with E-state index < -0.39 is 10.2 Å². The zero-order chi connectivity index (χ0) is 19.2. The predicted octanol–water partition coefficient (Wildman–Crippen LogP) is 0.630. The Morgan fingerprint density at radius 3 is 2.26 bits per heavy atom. The van der Waals surface area contributed by atoms with E-state index in [0.717, 1.165) is 18.7 Å². The van der Waals surface area contributed by atoms with Crippen LogP contribution in [0.15, 0.2) is 30.3 Å². The lowest BCUT2D eigenvalue weighted by atomic mass is 9.89. The summed E-state index contributed by atoms with van der Waals surface area (Å²) in [6.07, 6.45) is 0. The lowest BCUT2D eigenvalue weighted by Crippen LogP contribution is -2.52. The number of benzene rings is 1. The molecule has 0 radical (unpaired) electrons. The standard InChI is InChI=1S/C19H28N4O3S/c1-15(24)23-13-17-12-22(27(25,26)21-10-8-20(2)9-11-21)14-18(17)19(23)16-6-4-3-5-7-16/h3-7,17-19H,8-14H2,1-2H3/t17-,18-,19+/m1/s1. The Balaban J connectivity index is 1.55. The number of nitrogens with zero attached hydrogens (tertiary/aromatic N) is 4. The van der Waals surface area contributed by atoms with Gasteiger partial charge in [-0.05, 0) is 18.5 Å². The highest BCUT2D eigenvalue weighted by molar-refractivity contribution is 7.86. The van der Waals surface area contributed by atoms with Crippen LogP contribution in [0.25, 0.3) is 0 Å². The van der Waals surface area contributed by atoms with Crippen LogP contribution in [-0.2, 0) is 15.0 Å². The van der Waals surface area contributed by atoms with Crippen LogP contribution in [0.4, 0.5) is 0 Å². The number of amides is 1. The summed E-state index contributed by atoms with van der Waals surface area (Å²) < 4.78 is 29.5. The van der Waals surface area contributed by atoms with Crippen molar-refractivity contribution >= 4 is 16.1 Å². The molecule has 3 aliphatic rings. The Hall–Kier alpha value is -1.48. The number of carbonyl (C=O) groups excluding carboxylic acids is 1. The summed E-state index contributed by atoms with van der Waals surface area (Å²) in [5, 5.41) is 0. The molecule has 0 unspecified atom stereocenters. The average Bonchev–Trinajstić information content (AvgIpc) is 3.21. The minimum Gasteiger partial charge on any atom is -0.335 e. The zero-order valence-corrected chi connectivity index (χ0v) is 16.8. The molecule has 0 spiro atoms. The van der Waals surface area contributed by atoms with Gasteiger partial charge in [0, 0.05) is 58.7 Å². The highest BCUT2D eigenvalue weighted by Gasteiger charge is 2.51. The largest absolute Gasteiger partial charge is 0.335 e. The number of likely N-dealkylation sites (N-methyl/N-ethyl adjacent to an activating group) is 1. The molecule has 0 aromatic heterocycles. The SMILES string of the molecule is CC(=O)N1C[C@H]2CN(S(=O)(=O)N3CCN(C)CC3)C[C@H]2[C@@H]1c1ccccc1. The Morgan fingerprint density at radius 2 is 1.63 bits per heavy atom. The van der Waals surface area contributed by atoms with Gasteiger partial charge in [0.15, 0.2) is 0 Å². The molecule has 27 heavy (non-hydrogen) atoms. The average molecular weight is 393 g/mol. The Morgan fingerprint density at radius 1 is 0.963 bits per heavy atom. The van der Waals surface area contributed by atoms with Crippen molar-refractivity contribution in [2.75, 3.05) is 52.9 Å². The fraction of sp³-hybridized carbons (Fsp3) is 0.632. The second-order valence-corrected chi connectivity index (χ2v) is 9.91. The van der Waals surface area contributed by atoms with Crippen LogP contribution in [0.1, 0.15) is 18.5 Å². The number of carbonyl (C=O) groups is 1. The van der Waals surface area contributed by atoms with Gasteiger partial charge in [0.25, 0.3) is 10.2 Å². The van der Waals surface area contributed by atoms with Gasteiger partial charge in [0.1, 0.15) is 0 Å². The van der Waals surface area contributed by atoms with Gasteiger partial charge in [-0.25, -0.2) is 0 Å². The number of hydrogen-bond donors (Lipinski definition) is 0. The lowest BCUT2D eigenvalue weighted by Gasteiger charge is -2.35. The van der Waals surface area contributed by atoms with E-state index in [1.807, 2.05) is 42.3 Å². The number of hydrogen-bond acceptors (Lipinski definition) is 4. The molecule has 3 fully saturated rings. The van der Waals surface area contributed by atoms with Crippen LogP contribution in [0, 0.1) is 11.8 Å². The summed E-state index contributed by atoms with van der Waals surface area (Å²) in [7, 11) is -1.42. The summed E-state index contributed by atoms with van der Waals surface area (Å²) >= 11 is 0. The molecule has 1 aromatic rings. The Bertz CT molecular complexity index is 792. The highest BCUT2D eigenvalue weighted by Crippen LogP contribution is 2.45. The second-order valence-electron chi connectivity index (χ2n) is 7.98. The second kappa shape index (κ2) is 7.16. The lowest BCUT2D eigenvalue weighted by molar-refractivity contribution is -0.130. The van der Waals surface area contributed by atoms with E-state index in [2.05, 4.69) is 4.90 Å². The molecule has 7 nitrogen and oxygen atoms in total. The zero-order valence-electron chi connectivity index (χ0n) is 16.0. The first-order valence-corrected chi connectivity index (χ1v) is 11.0. The number of piperazine rings is 1. The van der Waals surface area contributed by atoms with Gasteiger partial charge in [-0.1, -0.05) is 30.3 Å². The molecular weight excluding hydrogens is 364 g/mol. The normalized spacial score (nSPS) is 30.6. The van der Waals surface area contributed by atoms with E-state index in [-0.39, 0.29) is 23.8 Å². The van der Waals surface area contributed by atoms with E-state index in [1.54, 1.807) is 15.5 Å². The van der Waals surface area contributed by atoms with Crippen molar-refractivity contribution < 1.29 is 13.2 Å². The van der Waals surface area contributed by atoms with Gasteiger partial charge in [0.05, 0.1) is 6.04 Å². The van der Waals surface area contributed by atoms with Gasteiger partial charge in [-0.3, -0.25) is 4.79 Å². The van der Waals surface area contributed by atoms with E-state index in [4.69, 9.17) is 0 Å². The molecule has 3 aliphatic heterocycles. The number of likely N-dealkylation sites (tertiary alicyclic amines) is 1. The van der Waals surface area contributed by atoms with Gasteiger partial charge < -0.3 is 9.80 Å². The smallest absolute Gasteiger partial charge is 0.282 e. The maximum absolute atomic E-state index is 13.1. The fourth-order valence-corrected chi connectivity index (χ4v) is 6.47. The molecular formula is C19H28N4O3S. The summed E-state index contributed by atoms with van der Waals surface area (Å²) in [6, 6.07) is 9.97. The minimum absolute atomic E-state index is 0.0404. The first-order chi connectivity index (χ1) is 12.9. The molecule has 4 rings (SSSR count). The summed E-state index contributed by atoms with van der Waals surface area (Å²) in [6.45, 7) is 5.87. The van der Waals surface area contributed by atoms with E-state index in [9.17, 15) is 13.2 Å². The van der Waals surface area contributed by atoms with Crippen molar-refractivity contribution in [2.45, 2.75) is 13.0 Å². The fourth-order valence-electron chi connectivity index (χ4n) is 4.78. The van der Waals surface area contributed by atoms with Crippen LogP contribution >= 0.6 is 0 Å². The third-order valence-corrected chi connectivity index (χ3v) is 8.26. The maximum Gasteiger partial charge on any atom is 0.282 e. The van der Waals surface area contributed by atoms with Gasteiger partial charge in [-0.15, -0.1) is 0 Å². The van der Waals surface area contributed by atoms with Crippen molar-refractivity contribution in [1.29, 1.82) is 0 Å². The van der Waals surface area contributed by atoms with E-state index >= 15 is 0 Å². The molecule has 148 valence electrons. The molecule has 1 aromatic carbocycles. The van der Waals surface area contributed by atoms with Crippen molar-refractivity contribution in [3.05, 3.63) is 35.9 Å². The predicted molar refractivity (Wildman–Crippen MR) is 103 cm³/mol. The molecule has 0 N–H and O–H groups in total. The molecule has 0 aliphatic carbocycles. The first kappa shape index (κ1) is 18.9. The van der Waals surface area contributed by atoms with Crippen molar-refractivity contribution in [3.63, 3.8) is 0 Å². The number of fused-ring (bicyclic) bond motifs is 1. The van der Waals surface area contributed by atoms with Crippen LogP contribution < -0.4 is 0 Å². The van der Waals surface area contributed by atoms with Crippen molar-refractivity contribution in [2.24, 2.45) is 11.8 Å². The van der Waals surface area contributed by atoms with Crippen LogP contribution in [0.2, 0.25) is 0 Å². The topological polar surface area (TPSA) is 64.2 Å². The molecule has 3 saturated heterocycles. The highest BCUT2D eigenvalue weighted by atomic mass is 32.2. The van der Waals surface area contributed by atoms with Gasteiger partial charge in [0.2, 0.25) is 5.91 Å².